The van der Waals surface area contributed by atoms with E-state index in [4.69, 9.17) is 11.6 Å². The Bertz CT molecular complexity index is 342. The molecule has 16 heavy (non-hydrogen) atoms. The Balaban J connectivity index is 2.37. The van der Waals surface area contributed by atoms with Crippen LogP contribution in [-0.4, -0.2) is 6.54 Å². The van der Waals surface area contributed by atoms with E-state index in [0.717, 1.165) is 24.4 Å². The van der Waals surface area contributed by atoms with Gasteiger partial charge in [0.15, 0.2) is 0 Å². The molecule has 1 fully saturated rings. The molecule has 2 rings (SSSR count). The molecule has 1 saturated heterocycles. The van der Waals surface area contributed by atoms with E-state index in [-0.39, 0.29) is 0 Å². The molecule has 1 atom stereocenters. The Labute approximate surface area is 103 Å². The van der Waals surface area contributed by atoms with Crippen LogP contribution in [0.4, 0.5) is 0 Å². The lowest BCUT2D eigenvalue weighted by atomic mass is 9.97. The van der Waals surface area contributed by atoms with Gasteiger partial charge in [-0.1, -0.05) is 37.6 Å². The van der Waals surface area contributed by atoms with Gasteiger partial charge in [-0.05, 0) is 48.9 Å². The molecule has 1 aliphatic rings. The first-order valence-electron chi connectivity index (χ1n) is 6.30. The van der Waals surface area contributed by atoms with Gasteiger partial charge in [-0.2, -0.15) is 0 Å². The van der Waals surface area contributed by atoms with Gasteiger partial charge in [0, 0.05) is 11.1 Å². The van der Waals surface area contributed by atoms with Gasteiger partial charge in [-0.15, -0.1) is 0 Å². The number of hydrogen-bond donors (Lipinski definition) is 1. The first-order chi connectivity index (χ1) is 7.76. The van der Waals surface area contributed by atoms with Crippen LogP contribution in [0.15, 0.2) is 12.1 Å². The number of benzene rings is 1. The van der Waals surface area contributed by atoms with Gasteiger partial charge < -0.3 is 5.32 Å². The molecule has 1 aliphatic heterocycles. The predicted molar refractivity (Wildman–Crippen MR) is 70.2 cm³/mol. The van der Waals surface area contributed by atoms with Crippen LogP contribution in [0.2, 0.25) is 5.02 Å². The van der Waals surface area contributed by atoms with Crippen LogP contribution in [0.25, 0.3) is 0 Å². The zero-order valence-corrected chi connectivity index (χ0v) is 10.9. The molecule has 0 aliphatic carbocycles. The van der Waals surface area contributed by atoms with E-state index in [2.05, 4.69) is 31.3 Å². The lowest BCUT2D eigenvalue weighted by Gasteiger charge is -2.16. The summed E-state index contributed by atoms with van der Waals surface area (Å²) in [6.07, 6.45) is 4.59. The maximum atomic E-state index is 6.37. The van der Waals surface area contributed by atoms with Gasteiger partial charge in [0.05, 0.1) is 0 Å². The molecule has 0 saturated carbocycles. The van der Waals surface area contributed by atoms with Crippen LogP contribution in [0.5, 0.6) is 0 Å². The van der Waals surface area contributed by atoms with E-state index in [1.165, 1.54) is 29.5 Å². The summed E-state index contributed by atoms with van der Waals surface area (Å²) in [6, 6.07) is 5.11. The summed E-state index contributed by atoms with van der Waals surface area (Å²) >= 11 is 6.37. The van der Waals surface area contributed by atoms with Gasteiger partial charge in [0.2, 0.25) is 0 Å². The van der Waals surface area contributed by atoms with E-state index >= 15 is 0 Å². The van der Waals surface area contributed by atoms with Crippen LogP contribution < -0.4 is 5.32 Å². The third-order valence-corrected chi connectivity index (χ3v) is 3.96. The SMILES string of the molecule is CCc1cc([C@H]2CCCN2)cc(CC)c1Cl. The molecule has 0 aromatic heterocycles. The minimum atomic E-state index is 0.549. The van der Waals surface area contributed by atoms with Crippen LogP contribution in [-0.2, 0) is 12.8 Å². The van der Waals surface area contributed by atoms with E-state index in [9.17, 15) is 0 Å². The zero-order chi connectivity index (χ0) is 11.5. The summed E-state index contributed by atoms with van der Waals surface area (Å²) in [5.41, 5.74) is 4.02. The number of aryl methyl sites for hydroxylation is 2. The maximum Gasteiger partial charge on any atom is 0.0469 e. The molecule has 1 aromatic rings. The maximum absolute atomic E-state index is 6.37. The fourth-order valence-electron chi connectivity index (χ4n) is 2.46. The number of rotatable bonds is 3. The molecular weight excluding hydrogens is 218 g/mol. The van der Waals surface area contributed by atoms with Crippen molar-refractivity contribution in [2.75, 3.05) is 6.54 Å². The van der Waals surface area contributed by atoms with E-state index in [0.29, 0.717) is 6.04 Å². The second-order valence-electron chi connectivity index (χ2n) is 4.51. The van der Waals surface area contributed by atoms with Crippen LogP contribution in [0.1, 0.15) is 49.4 Å². The summed E-state index contributed by atoms with van der Waals surface area (Å²) in [5.74, 6) is 0. The first-order valence-corrected chi connectivity index (χ1v) is 6.68. The number of hydrogen-bond acceptors (Lipinski definition) is 1. The summed E-state index contributed by atoms with van der Waals surface area (Å²) < 4.78 is 0. The standard InChI is InChI=1S/C14H20ClN/c1-3-10-8-12(13-6-5-7-16-13)9-11(4-2)14(10)15/h8-9,13,16H,3-7H2,1-2H3/t13-/m1/s1. The smallest absolute Gasteiger partial charge is 0.0469 e. The molecule has 1 aromatic carbocycles. The van der Waals surface area contributed by atoms with E-state index < -0.39 is 0 Å². The summed E-state index contributed by atoms with van der Waals surface area (Å²) in [7, 11) is 0. The molecule has 0 spiro atoms. The van der Waals surface area contributed by atoms with E-state index in [1.54, 1.807) is 0 Å². The second-order valence-corrected chi connectivity index (χ2v) is 4.89. The highest BCUT2D eigenvalue weighted by molar-refractivity contribution is 6.32. The molecule has 1 N–H and O–H groups in total. The van der Waals surface area contributed by atoms with Gasteiger partial charge in [0.1, 0.15) is 0 Å². The number of halogens is 1. The Morgan fingerprint density at radius 3 is 2.31 bits per heavy atom. The molecule has 1 nitrogen and oxygen atoms in total. The average Bonchev–Trinajstić information content (AvgIpc) is 2.83. The van der Waals surface area contributed by atoms with Gasteiger partial charge in [-0.3, -0.25) is 0 Å². The zero-order valence-electron chi connectivity index (χ0n) is 10.1. The summed E-state index contributed by atoms with van der Waals surface area (Å²) in [6.45, 7) is 5.50. The summed E-state index contributed by atoms with van der Waals surface area (Å²) in [5, 5.41) is 4.53. The second kappa shape index (κ2) is 5.20. The molecule has 0 amide bonds. The van der Waals surface area contributed by atoms with Crippen molar-refractivity contribution in [1.82, 2.24) is 5.32 Å². The predicted octanol–water partition coefficient (Wildman–Crippen LogP) is 3.89. The molecule has 0 radical (unpaired) electrons. The summed E-state index contributed by atoms with van der Waals surface area (Å²) in [4.78, 5) is 0. The minimum absolute atomic E-state index is 0.549. The van der Waals surface area contributed by atoms with E-state index in [1.807, 2.05) is 0 Å². The monoisotopic (exact) mass is 237 g/mol. The number of nitrogens with one attached hydrogen (secondary N) is 1. The first kappa shape index (κ1) is 11.9. The highest BCUT2D eigenvalue weighted by Crippen LogP contribution is 2.30. The van der Waals surface area contributed by atoms with Crippen molar-refractivity contribution >= 4 is 11.6 Å². The van der Waals surface area contributed by atoms with Crippen LogP contribution in [0, 0.1) is 0 Å². The largest absolute Gasteiger partial charge is 0.310 e. The topological polar surface area (TPSA) is 12.0 Å². The third kappa shape index (κ3) is 2.26. The highest BCUT2D eigenvalue weighted by atomic mass is 35.5. The Morgan fingerprint density at radius 2 is 1.88 bits per heavy atom. The lowest BCUT2D eigenvalue weighted by Crippen LogP contribution is -2.13. The van der Waals surface area contributed by atoms with Crippen molar-refractivity contribution in [3.63, 3.8) is 0 Å². The third-order valence-electron chi connectivity index (χ3n) is 3.47. The highest BCUT2D eigenvalue weighted by Gasteiger charge is 2.18. The molecule has 0 bridgehead atoms. The Kier molecular flexibility index (Phi) is 3.88. The minimum Gasteiger partial charge on any atom is -0.310 e. The quantitative estimate of drug-likeness (QED) is 0.841. The van der Waals surface area contributed by atoms with Crippen molar-refractivity contribution in [1.29, 1.82) is 0 Å². The fourth-order valence-corrected chi connectivity index (χ4v) is 2.84. The van der Waals surface area contributed by atoms with Crippen LogP contribution in [0.3, 0.4) is 0 Å². The van der Waals surface area contributed by atoms with Crippen molar-refractivity contribution in [3.8, 4) is 0 Å². The average molecular weight is 238 g/mol. The molecule has 0 unspecified atom stereocenters. The molecular formula is C14H20ClN. The van der Waals surface area contributed by atoms with Crippen LogP contribution >= 0.6 is 11.6 Å². The van der Waals surface area contributed by atoms with Crippen molar-refractivity contribution < 1.29 is 0 Å². The van der Waals surface area contributed by atoms with Gasteiger partial charge >= 0.3 is 0 Å². The van der Waals surface area contributed by atoms with Crippen molar-refractivity contribution in [2.45, 2.75) is 45.6 Å². The molecule has 2 heteroatoms. The normalized spacial score (nSPS) is 20.3. The van der Waals surface area contributed by atoms with Gasteiger partial charge in [-0.25, -0.2) is 0 Å². The van der Waals surface area contributed by atoms with Crippen molar-refractivity contribution in [2.24, 2.45) is 0 Å². The van der Waals surface area contributed by atoms with Gasteiger partial charge in [0.25, 0.3) is 0 Å². The molecule has 88 valence electrons. The Morgan fingerprint density at radius 1 is 1.25 bits per heavy atom. The lowest BCUT2D eigenvalue weighted by molar-refractivity contribution is 0.646. The molecule has 1 heterocycles. The fraction of sp³-hybridized carbons (Fsp3) is 0.571. The Hall–Kier alpha value is -0.530. The van der Waals surface area contributed by atoms with Crippen molar-refractivity contribution in [3.05, 3.63) is 33.8 Å².